The van der Waals surface area contributed by atoms with Gasteiger partial charge in [0.1, 0.15) is 11.5 Å². The Morgan fingerprint density at radius 1 is 1.15 bits per heavy atom. The van der Waals surface area contributed by atoms with E-state index in [0.29, 0.717) is 39.8 Å². The number of Topliss-reactive ketones (excluding diaryl/α,β-unsaturated/α-hetero) is 1. The molecule has 0 spiro atoms. The Morgan fingerprint density at radius 2 is 1.85 bits per heavy atom. The van der Waals surface area contributed by atoms with E-state index in [1.54, 1.807) is 48.8 Å². The van der Waals surface area contributed by atoms with Crippen molar-refractivity contribution in [1.82, 2.24) is 4.57 Å². The van der Waals surface area contributed by atoms with Crippen molar-refractivity contribution >= 4 is 34.3 Å². The van der Waals surface area contributed by atoms with Crippen LogP contribution in [0.15, 0.2) is 78.9 Å². The molecule has 1 aromatic heterocycles. The number of carbonyl (C=O) groups is 2. The van der Waals surface area contributed by atoms with Gasteiger partial charge in [0.2, 0.25) is 0 Å². The number of aromatic nitrogens is 1. The molecule has 0 saturated carbocycles. The molecule has 0 amide bonds. The van der Waals surface area contributed by atoms with Gasteiger partial charge < -0.3 is 19.1 Å². The van der Waals surface area contributed by atoms with Gasteiger partial charge in [0.05, 0.1) is 11.1 Å². The van der Waals surface area contributed by atoms with E-state index in [1.807, 2.05) is 19.1 Å². The molecule has 0 fully saturated rings. The van der Waals surface area contributed by atoms with Crippen molar-refractivity contribution in [3.8, 4) is 17.2 Å². The van der Waals surface area contributed by atoms with Gasteiger partial charge in [-0.15, -0.1) is 24.8 Å². The van der Waals surface area contributed by atoms with Crippen molar-refractivity contribution in [2.45, 2.75) is 46.1 Å². The molecule has 0 saturated heterocycles. The van der Waals surface area contributed by atoms with Crippen LogP contribution in [0.1, 0.15) is 42.7 Å². The molecule has 1 N–H and O–H groups in total. The van der Waals surface area contributed by atoms with E-state index in [2.05, 4.69) is 22.9 Å². The number of aliphatic carboxylic acids is 1. The number of fused-ring (bicyclic) bond motifs is 1. The van der Waals surface area contributed by atoms with Gasteiger partial charge in [0.15, 0.2) is 11.9 Å². The smallest absolute Gasteiger partial charge is 0.479 e. The van der Waals surface area contributed by atoms with Crippen LogP contribution in [-0.4, -0.2) is 40.3 Å². The molecule has 0 bridgehead atoms. The van der Waals surface area contributed by atoms with Gasteiger partial charge >= 0.3 is 12.3 Å². The predicted molar refractivity (Wildman–Crippen MR) is 151 cm³/mol. The van der Waals surface area contributed by atoms with Crippen LogP contribution in [0.25, 0.3) is 16.6 Å². The second kappa shape index (κ2) is 14.4. The third-order valence-corrected chi connectivity index (χ3v) is 5.83. The van der Waals surface area contributed by atoms with Crippen LogP contribution in [0.2, 0.25) is 0 Å². The lowest BCUT2D eigenvalue weighted by Crippen LogP contribution is -2.25. The Labute approximate surface area is 236 Å². The third-order valence-electron chi connectivity index (χ3n) is 5.83. The quantitative estimate of drug-likeness (QED) is 0.0817. The summed E-state index contributed by atoms with van der Waals surface area (Å²) < 4.78 is 50.3. The summed E-state index contributed by atoms with van der Waals surface area (Å²) in [7, 11) is 0. The molecule has 3 rings (SSSR count). The second-order valence-corrected chi connectivity index (χ2v) is 8.37. The Morgan fingerprint density at radius 3 is 2.42 bits per heavy atom. The van der Waals surface area contributed by atoms with Crippen LogP contribution in [0, 0.1) is 6.92 Å². The largest absolute Gasteiger partial charge is 0.573 e. The summed E-state index contributed by atoms with van der Waals surface area (Å²) in [6.45, 7) is 8.97. The van der Waals surface area contributed by atoms with E-state index < -0.39 is 24.2 Å². The first kappa shape index (κ1) is 32.2. The fraction of sp³-hybridized carbons (Fsp3) is 0.267. The third kappa shape index (κ3) is 7.79. The summed E-state index contributed by atoms with van der Waals surface area (Å²) in [5.74, 6) is -1.64. The molecule has 6 nitrogen and oxygen atoms in total. The van der Waals surface area contributed by atoms with Crippen molar-refractivity contribution in [2.75, 3.05) is 6.38 Å². The molecule has 0 aliphatic heterocycles. The van der Waals surface area contributed by atoms with Crippen LogP contribution in [0.3, 0.4) is 0 Å². The van der Waals surface area contributed by atoms with Gasteiger partial charge in [-0.05, 0) is 51.0 Å². The molecule has 1 heterocycles. The zero-order valence-corrected chi connectivity index (χ0v) is 23.3. The second-order valence-electron chi connectivity index (χ2n) is 8.37. The van der Waals surface area contributed by atoms with Gasteiger partial charge in [0.25, 0.3) is 0 Å². The Balaban J connectivity index is 0.00000274. The van der Waals surface area contributed by atoms with Crippen molar-refractivity contribution in [1.29, 1.82) is 0 Å². The van der Waals surface area contributed by atoms with Crippen molar-refractivity contribution < 1.29 is 37.3 Å². The molecule has 0 aliphatic rings. The van der Waals surface area contributed by atoms with Crippen molar-refractivity contribution in [3.63, 3.8) is 0 Å². The topological polar surface area (TPSA) is 77.8 Å². The van der Waals surface area contributed by atoms with E-state index in [0.717, 1.165) is 6.07 Å². The minimum absolute atomic E-state index is 0.228. The zero-order chi connectivity index (χ0) is 30.0. The lowest BCUT2D eigenvalue weighted by atomic mass is 9.99. The normalized spacial score (nSPS) is 12.6. The molecule has 10 heteroatoms. The number of alkyl halides is 4. The minimum Gasteiger partial charge on any atom is -0.479 e. The summed E-state index contributed by atoms with van der Waals surface area (Å²) in [6, 6.07) is 10.3. The number of hydrogen-bond donors (Lipinski definition) is 1. The number of nitrogens with zero attached hydrogens (tertiary/aromatic N) is 1. The number of rotatable bonds is 11. The Bertz CT molecular complexity index is 1420. The first-order valence-corrected chi connectivity index (χ1v) is 13.0. The van der Waals surface area contributed by atoms with Crippen LogP contribution in [-0.2, 0) is 4.79 Å². The first-order valence-electron chi connectivity index (χ1n) is 12.3. The van der Waals surface area contributed by atoms with E-state index in [4.69, 9.17) is 4.74 Å². The van der Waals surface area contributed by atoms with E-state index in [-0.39, 0.29) is 18.0 Å². The predicted octanol–water partition coefficient (Wildman–Crippen LogP) is 8.20. The van der Waals surface area contributed by atoms with E-state index in [1.165, 1.54) is 24.6 Å². The SMILES string of the molecule is C=C/C(=C\C/C=C\C)C(=O)c1c(C)n(-c2cccc(OC(CC)C(=O)O)c2)c2cc(OC(F)(F)F)ccc12.CCl. The van der Waals surface area contributed by atoms with E-state index in [9.17, 15) is 27.9 Å². The number of carboxylic acids is 1. The van der Waals surface area contributed by atoms with Crippen molar-refractivity contribution in [2.24, 2.45) is 0 Å². The fourth-order valence-corrected chi connectivity index (χ4v) is 4.12. The molecule has 3 aromatic rings. The lowest BCUT2D eigenvalue weighted by molar-refractivity contribution is -0.274. The highest BCUT2D eigenvalue weighted by Crippen LogP contribution is 2.35. The van der Waals surface area contributed by atoms with Crippen LogP contribution in [0.4, 0.5) is 13.2 Å². The van der Waals surface area contributed by atoms with Gasteiger partial charge in [-0.1, -0.05) is 43.9 Å². The molecule has 1 atom stereocenters. The average molecular weight is 578 g/mol. The summed E-state index contributed by atoms with van der Waals surface area (Å²) in [5, 5.41) is 9.78. The number of hydrogen-bond acceptors (Lipinski definition) is 4. The standard InChI is InChI=1S/C29H28F3NO5.CH3Cl/c1-5-8-9-11-19(6-2)27(34)26-18(4)33(24-17-22(14-15-23(24)26)38-29(30,31)32)20-12-10-13-21(16-20)37-25(7-3)28(35)36;1-2/h5-6,8,10-17,25H,2,7,9H2,1,3-4H3,(H,35,36);1H3/b8-5-,19-11+;. The highest BCUT2D eigenvalue weighted by molar-refractivity contribution is 6.19. The van der Waals surface area contributed by atoms with Crippen LogP contribution in [0.5, 0.6) is 11.5 Å². The number of ether oxygens (including phenoxy) is 2. The maximum absolute atomic E-state index is 13.6. The summed E-state index contributed by atoms with van der Waals surface area (Å²) in [6.07, 6.45) is 3.13. The summed E-state index contributed by atoms with van der Waals surface area (Å²) >= 11 is 4.64. The Kier molecular flexibility index (Phi) is 11.6. The van der Waals surface area contributed by atoms with Gasteiger partial charge in [-0.2, -0.15) is 0 Å². The van der Waals surface area contributed by atoms with E-state index >= 15 is 0 Å². The van der Waals surface area contributed by atoms with Gasteiger partial charge in [0, 0.05) is 40.9 Å². The maximum atomic E-state index is 13.6. The average Bonchev–Trinajstić information content (AvgIpc) is 3.20. The fourth-order valence-electron chi connectivity index (χ4n) is 4.12. The number of carboxylic acid groups (broad SMARTS) is 1. The van der Waals surface area contributed by atoms with Crippen LogP contribution >= 0.6 is 11.6 Å². The minimum atomic E-state index is -4.90. The molecule has 0 aliphatic carbocycles. The number of allylic oxidation sites excluding steroid dienone is 5. The maximum Gasteiger partial charge on any atom is 0.573 e. The molecule has 214 valence electrons. The Hall–Kier alpha value is -3.98. The number of halogens is 4. The highest BCUT2D eigenvalue weighted by atomic mass is 35.5. The van der Waals surface area contributed by atoms with Gasteiger partial charge in [-0.3, -0.25) is 4.79 Å². The first-order chi connectivity index (χ1) is 19.0. The summed E-state index contributed by atoms with van der Waals surface area (Å²) in [4.78, 5) is 25.1. The van der Waals surface area contributed by atoms with Crippen LogP contribution < -0.4 is 9.47 Å². The van der Waals surface area contributed by atoms with Gasteiger partial charge in [-0.25, -0.2) is 4.79 Å². The molecular formula is C30H31ClF3NO5. The summed E-state index contributed by atoms with van der Waals surface area (Å²) in [5.41, 5.74) is 1.88. The molecule has 2 aromatic carbocycles. The highest BCUT2D eigenvalue weighted by Gasteiger charge is 2.32. The molecular weight excluding hydrogens is 547 g/mol. The number of ketones is 1. The number of carbonyl (C=O) groups excluding carboxylic acids is 1. The number of benzene rings is 2. The molecule has 1 unspecified atom stereocenters. The monoisotopic (exact) mass is 577 g/mol. The van der Waals surface area contributed by atoms with Crippen molar-refractivity contribution in [3.05, 3.63) is 90.2 Å². The molecule has 40 heavy (non-hydrogen) atoms. The zero-order valence-electron chi connectivity index (χ0n) is 22.6. The molecule has 0 radical (unpaired) electrons. The lowest BCUT2D eigenvalue weighted by Gasteiger charge is -2.15.